The van der Waals surface area contributed by atoms with Gasteiger partial charge >= 0.3 is 0 Å². The topological polar surface area (TPSA) is 83.0 Å². The summed E-state index contributed by atoms with van der Waals surface area (Å²) in [5.41, 5.74) is 7.07. The Bertz CT molecular complexity index is 795. The highest BCUT2D eigenvalue weighted by molar-refractivity contribution is 5.97. The van der Waals surface area contributed by atoms with Gasteiger partial charge in [0.2, 0.25) is 5.95 Å². The standard InChI is InChI=1S/C16H14N4O2/c1-22-13-9-7-12(8-10-13)15(21)20-16(17)18-14(19-20)11-5-3-2-4-6-11/h2-10H,1H3,(H2,17,18,19). The summed E-state index contributed by atoms with van der Waals surface area (Å²) < 4.78 is 6.17. The van der Waals surface area contributed by atoms with E-state index < -0.39 is 0 Å². The lowest BCUT2D eigenvalue weighted by Gasteiger charge is -2.03. The number of nitrogens with two attached hydrogens (primary N) is 1. The van der Waals surface area contributed by atoms with Crippen molar-refractivity contribution < 1.29 is 9.53 Å². The first-order valence-electron chi connectivity index (χ1n) is 6.66. The monoisotopic (exact) mass is 294 g/mol. The smallest absolute Gasteiger partial charge is 0.281 e. The summed E-state index contributed by atoms with van der Waals surface area (Å²) >= 11 is 0. The van der Waals surface area contributed by atoms with Crippen LogP contribution in [0.2, 0.25) is 0 Å². The predicted octanol–water partition coefficient (Wildman–Crippen LogP) is 2.22. The molecule has 0 spiro atoms. The van der Waals surface area contributed by atoms with E-state index in [1.165, 1.54) is 0 Å². The van der Waals surface area contributed by atoms with E-state index in [2.05, 4.69) is 10.1 Å². The van der Waals surface area contributed by atoms with Crippen LogP contribution in [0.4, 0.5) is 5.95 Å². The van der Waals surface area contributed by atoms with Gasteiger partial charge < -0.3 is 10.5 Å². The molecule has 3 aromatic rings. The van der Waals surface area contributed by atoms with Gasteiger partial charge in [0.25, 0.3) is 5.91 Å². The molecule has 0 bridgehead atoms. The first kappa shape index (κ1) is 13.8. The molecule has 0 atom stereocenters. The van der Waals surface area contributed by atoms with E-state index in [1.54, 1.807) is 31.4 Å². The Morgan fingerprint density at radius 1 is 1.09 bits per heavy atom. The maximum Gasteiger partial charge on any atom is 0.281 e. The van der Waals surface area contributed by atoms with Crippen LogP contribution in [-0.4, -0.2) is 27.8 Å². The number of nitrogen functional groups attached to an aromatic ring is 1. The Morgan fingerprint density at radius 2 is 1.77 bits per heavy atom. The van der Waals surface area contributed by atoms with Gasteiger partial charge in [0.1, 0.15) is 5.75 Å². The van der Waals surface area contributed by atoms with Gasteiger partial charge in [-0.05, 0) is 24.3 Å². The molecule has 2 aromatic carbocycles. The van der Waals surface area contributed by atoms with Crippen LogP contribution in [0.3, 0.4) is 0 Å². The maximum absolute atomic E-state index is 12.5. The first-order chi connectivity index (χ1) is 10.7. The molecule has 6 nitrogen and oxygen atoms in total. The molecule has 0 aliphatic carbocycles. The Hall–Kier alpha value is -3.15. The van der Waals surface area contributed by atoms with Gasteiger partial charge in [-0.25, -0.2) is 0 Å². The number of methoxy groups -OCH3 is 1. The summed E-state index contributed by atoms with van der Waals surface area (Å²) in [5, 5.41) is 4.20. The van der Waals surface area contributed by atoms with Crippen LogP contribution >= 0.6 is 0 Å². The number of anilines is 1. The van der Waals surface area contributed by atoms with Crippen LogP contribution < -0.4 is 10.5 Å². The minimum atomic E-state index is -0.338. The molecule has 110 valence electrons. The van der Waals surface area contributed by atoms with Crippen LogP contribution in [0.5, 0.6) is 5.75 Å². The number of aromatic nitrogens is 3. The quantitative estimate of drug-likeness (QED) is 0.801. The summed E-state index contributed by atoms with van der Waals surface area (Å²) in [4.78, 5) is 16.6. The van der Waals surface area contributed by atoms with E-state index in [-0.39, 0.29) is 11.9 Å². The van der Waals surface area contributed by atoms with Gasteiger partial charge in [-0.3, -0.25) is 4.79 Å². The van der Waals surface area contributed by atoms with Crippen LogP contribution in [0.15, 0.2) is 54.6 Å². The lowest BCUT2D eigenvalue weighted by atomic mass is 10.2. The second-order valence-corrected chi connectivity index (χ2v) is 4.61. The molecule has 1 heterocycles. The molecule has 0 aliphatic rings. The van der Waals surface area contributed by atoms with Crippen LogP contribution in [0.1, 0.15) is 10.4 Å². The van der Waals surface area contributed by atoms with E-state index in [0.717, 1.165) is 10.2 Å². The summed E-state index contributed by atoms with van der Waals surface area (Å²) in [6.07, 6.45) is 0. The second kappa shape index (κ2) is 5.69. The molecular weight excluding hydrogens is 280 g/mol. The molecule has 0 saturated carbocycles. The molecule has 0 aliphatic heterocycles. The first-order valence-corrected chi connectivity index (χ1v) is 6.66. The lowest BCUT2D eigenvalue weighted by molar-refractivity contribution is 0.0948. The molecular formula is C16H14N4O2. The molecule has 22 heavy (non-hydrogen) atoms. The fraction of sp³-hybridized carbons (Fsp3) is 0.0625. The lowest BCUT2D eigenvalue weighted by Crippen LogP contribution is -2.16. The van der Waals surface area contributed by atoms with Crippen LogP contribution in [0.25, 0.3) is 11.4 Å². The van der Waals surface area contributed by atoms with Gasteiger partial charge in [0.15, 0.2) is 5.82 Å². The van der Waals surface area contributed by atoms with E-state index in [0.29, 0.717) is 17.1 Å². The van der Waals surface area contributed by atoms with Gasteiger partial charge in [-0.1, -0.05) is 30.3 Å². The Balaban J connectivity index is 1.94. The van der Waals surface area contributed by atoms with Crippen LogP contribution in [-0.2, 0) is 0 Å². The van der Waals surface area contributed by atoms with Crippen molar-refractivity contribution in [3.05, 3.63) is 60.2 Å². The van der Waals surface area contributed by atoms with Crippen molar-refractivity contribution in [3.63, 3.8) is 0 Å². The molecule has 0 amide bonds. The maximum atomic E-state index is 12.5. The van der Waals surface area contributed by atoms with E-state index in [1.807, 2.05) is 30.3 Å². The Kier molecular flexibility index (Phi) is 3.57. The number of ether oxygens (including phenoxy) is 1. The summed E-state index contributed by atoms with van der Waals surface area (Å²) in [7, 11) is 1.57. The van der Waals surface area contributed by atoms with Crippen molar-refractivity contribution in [2.75, 3.05) is 12.8 Å². The van der Waals surface area contributed by atoms with Gasteiger partial charge in [0.05, 0.1) is 7.11 Å². The molecule has 0 fully saturated rings. The highest BCUT2D eigenvalue weighted by Crippen LogP contribution is 2.18. The third-order valence-corrected chi connectivity index (χ3v) is 3.19. The highest BCUT2D eigenvalue weighted by atomic mass is 16.5. The average molecular weight is 294 g/mol. The number of nitrogens with zero attached hydrogens (tertiary/aromatic N) is 3. The van der Waals surface area contributed by atoms with Crippen molar-refractivity contribution in [2.24, 2.45) is 0 Å². The second-order valence-electron chi connectivity index (χ2n) is 4.61. The van der Waals surface area contributed by atoms with E-state index in [4.69, 9.17) is 10.5 Å². The normalized spacial score (nSPS) is 10.4. The number of hydrogen-bond donors (Lipinski definition) is 1. The zero-order valence-electron chi connectivity index (χ0n) is 11.9. The zero-order valence-corrected chi connectivity index (χ0v) is 11.9. The number of hydrogen-bond acceptors (Lipinski definition) is 5. The summed E-state index contributed by atoms with van der Waals surface area (Å²) in [6, 6.07) is 16.1. The number of benzene rings is 2. The van der Waals surface area contributed by atoms with Gasteiger partial charge in [-0.2, -0.15) is 9.67 Å². The third-order valence-electron chi connectivity index (χ3n) is 3.19. The number of carbonyl (C=O) groups is 1. The molecule has 0 saturated heterocycles. The molecule has 6 heteroatoms. The Labute approximate surface area is 127 Å². The molecule has 0 unspecified atom stereocenters. The average Bonchev–Trinajstić information content (AvgIpc) is 2.97. The minimum Gasteiger partial charge on any atom is -0.497 e. The predicted molar refractivity (Wildman–Crippen MR) is 82.6 cm³/mol. The van der Waals surface area contributed by atoms with Crippen molar-refractivity contribution in [1.82, 2.24) is 14.8 Å². The minimum absolute atomic E-state index is 0.0553. The molecule has 1 aromatic heterocycles. The fourth-order valence-corrected chi connectivity index (χ4v) is 2.04. The van der Waals surface area contributed by atoms with Crippen molar-refractivity contribution in [1.29, 1.82) is 0 Å². The Morgan fingerprint density at radius 3 is 2.41 bits per heavy atom. The largest absolute Gasteiger partial charge is 0.497 e. The third kappa shape index (κ3) is 2.54. The molecule has 3 rings (SSSR count). The van der Waals surface area contributed by atoms with Crippen molar-refractivity contribution >= 4 is 11.9 Å². The zero-order chi connectivity index (χ0) is 15.5. The SMILES string of the molecule is COc1ccc(C(=O)n2nc(-c3ccccc3)nc2N)cc1. The van der Waals surface area contributed by atoms with Crippen LogP contribution in [0, 0.1) is 0 Å². The highest BCUT2D eigenvalue weighted by Gasteiger charge is 2.16. The van der Waals surface area contributed by atoms with E-state index in [9.17, 15) is 4.79 Å². The van der Waals surface area contributed by atoms with Crippen molar-refractivity contribution in [2.45, 2.75) is 0 Å². The van der Waals surface area contributed by atoms with Gasteiger partial charge in [-0.15, -0.1) is 5.10 Å². The van der Waals surface area contributed by atoms with Crippen molar-refractivity contribution in [3.8, 4) is 17.1 Å². The number of rotatable bonds is 3. The number of carbonyl (C=O) groups excluding carboxylic acids is 1. The van der Waals surface area contributed by atoms with Gasteiger partial charge in [0, 0.05) is 11.1 Å². The molecule has 2 N–H and O–H groups in total. The summed E-state index contributed by atoms with van der Waals surface area (Å²) in [5.74, 6) is 0.808. The summed E-state index contributed by atoms with van der Waals surface area (Å²) in [6.45, 7) is 0. The fourth-order valence-electron chi connectivity index (χ4n) is 2.04. The van der Waals surface area contributed by atoms with E-state index >= 15 is 0 Å². The molecule has 0 radical (unpaired) electrons.